The van der Waals surface area contributed by atoms with Gasteiger partial charge in [0.05, 0.1) is 24.8 Å². The first-order valence-electron chi connectivity index (χ1n) is 13.6. The summed E-state index contributed by atoms with van der Waals surface area (Å²) in [6.07, 6.45) is 0.884. The van der Waals surface area contributed by atoms with Crippen molar-refractivity contribution in [3.8, 4) is 11.5 Å². The van der Waals surface area contributed by atoms with Gasteiger partial charge in [0.15, 0.2) is 11.5 Å². The number of methoxy groups -OCH3 is 2. The average molecular weight is 582 g/mol. The van der Waals surface area contributed by atoms with Crippen molar-refractivity contribution in [3.63, 3.8) is 0 Å². The van der Waals surface area contributed by atoms with E-state index in [0.717, 1.165) is 15.4 Å². The fourth-order valence-electron chi connectivity index (χ4n) is 4.53. The number of ether oxygens (including phenoxy) is 2. The maximum absolute atomic E-state index is 14.1. The van der Waals surface area contributed by atoms with Crippen LogP contribution in [0.2, 0.25) is 0 Å². The lowest BCUT2D eigenvalue weighted by Gasteiger charge is -2.33. The highest BCUT2D eigenvalue weighted by Crippen LogP contribution is 2.32. The molecular weight excluding hydrogens is 542 g/mol. The van der Waals surface area contributed by atoms with Crippen molar-refractivity contribution < 1.29 is 27.5 Å². The number of likely N-dealkylation sites (N-methyl/N-ethyl adjacent to an activating group) is 1. The Bertz CT molecular complexity index is 1410. The third kappa shape index (κ3) is 7.79. The van der Waals surface area contributed by atoms with Crippen LogP contribution in [-0.2, 0) is 26.0 Å². The minimum absolute atomic E-state index is 0.0601. The van der Waals surface area contributed by atoms with Gasteiger partial charge in [0, 0.05) is 19.2 Å². The van der Waals surface area contributed by atoms with Crippen LogP contribution >= 0.6 is 0 Å². The largest absolute Gasteiger partial charge is 0.493 e. The summed E-state index contributed by atoms with van der Waals surface area (Å²) in [6, 6.07) is 20.1. The Kier molecular flexibility index (Phi) is 11.2. The van der Waals surface area contributed by atoms with E-state index in [1.165, 1.54) is 37.3 Å². The van der Waals surface area contributed by atoms with Crippen LogP contribution in [0.25, 0.3) is 0 Å². The lowest BCUT2D eigenvalue weighted by atomic mass is 10.1. The zero-order valence-electron chi connectivity index (χ0n) is 24.3. The molecular formula is C31H39N3O6S. The van der Waals surface area contributed by atoms with Crippen LogP contribution < -0.4 is 19.1 Å². The molecule has 0 bridgehead atoms. The number of nitrogens with one attached hydrogen (secondary N) is 1. The molecule has 0 radical (unpaired) electrons. The van der Waals surface area contributed by atoms with Gasteiger partial charge in [0.25, 0.3) is 10.0 Å². The zero-order valence-corrected chi connectivity index (χ0v) is 25.1. The molecule has 1 atom stereocenters. The topological polar surface area (TPSA) is 105 Å². The molecule has 0 saturated carbocycles. The van der Waals surface area contributed by atoms with Gasteiger partial charge in [-0.1, -0.05) is 55.0 Å². The molecule has 0 fully saturated rings. The maximum Gasteiger partial charge on any atom is 0.264 e. The van der Waals surface area contributed by atoms with Crippen LogP contribution in [0, 0.1) is 6.92 Å². The van der Waals surface area contributed by atoms with Gasteiger partial charge in [-0.3, -0.25) is 13.9 Å². The van der Waals surface area contributed by atoms with Gasteiger partial charge in [0.2, 0.25) is 11.8 Å². The molecule has 0 aromatic heterocycles. The van der Waals surface area contributed by atoms with E-state index in [4.69, 9.17) is 9.47 Å². The molecule has 9 nitrogen and oxygen atoms in total. The molecule has 0 heterocycles. The Morgan fingerprint density at radius 2 is 1.56 bits per heavy atom. The van der Waals surface area contributed by atoms with Gasteiger partial charge < -0.3 is 19.7 Å². The monoisotopic (exact) mass is 581 g/mol. The normalized spacial score (nSPS) is 11.8. The van der Waals surface area contributed by atoms with E-state index >= 15 is 0 Å². The molecule has 3 rings (SSSR count). The third-order valence-electron chi connectivity index (χ3n) is 6.76. The van der Waals surface area contributed by atoms with Crippen LogP contribution in [-0.4, -0.2) is 65.0 Å². The summed E-state index contributed by atoms with van der Waals surface area (Å²) in [4.78, 5) is 28.5. The zero-order chi connectivity index (χ0) is 30.0. The van der Waals surface area contributed by atoms with Gasteiger partial charge in [0.1, 0.15) is 12.6 Å². The van der Waals surface area contributed by atoms with E-state index in [0.29, 0.717) is 30.8 Å². The standard InChI is InChI=1S/C31H39N3O6S/c1-6-27(31(36)32-7-2)33(20-19-24-11-9-8-10-12-24)30(35)22-34(25-15-13-23(3)14-16-25)41(37,38)26-17-18-28(39-4)29(21-26)40-5/h8-18,21,27H,6-7,19-20,22H2,1-5H3,(H,32,36)/t27-/m0/s1. The Balaban J connectivity index is 2.04. The molecule has 3 aromatic rings. The van der Waals surface area contributed by atoms with Crippen molar-refractivity contribution >= 4 is 27.5 Å². The predicted molar refractivity (Wildman–Crippen MR) is 160 cm³/mol. The van der Waals surface area contributed by atoms with Crippen molar-refractivity contribution in [2.75, 3.05) is 38.2 Å². The lowest BCUT2D eigenvalue weighted by molar-refractivity contribution is -0.139. The molecule has 220 valence electrons. The number of aryl methyl sites for hydroxylation is 1. The van der Waals surface area contributed by atoms with Gasteiger partial charge in [-0.05, 0) is 56.5 Å². The van der Waals surface area contributed by atoms with Crippen LogP contribution in [0.1, 0.15) is 31.4 Å². The summed E-state index contributed by atoms with van der Waals surface area (Å²) in [6.45, 7) is 5.71. The fourth-order valence-corrected chi connectivity index (χ4v) is 5.96. The Morgan fingerprint density at radius 3 is 2.15 bits per heavy atom. The average Bonchev–Trinajstić information content (AvgIpc) is 2.98. The van der Waals surface area contributed by atoms with E-state index in [1.807, 2.05) is 51.1 Å². The predicted octanol–water partition coefficient (Wildman–Crippen LogP) is 4.19. The highest BCUT2D eigenvalue weighted by molar-refractivity contribution is 7.92. The Labute approximate surface area is 243 Å². The number of hydrogen-bond donors (Lipinski definition) is 1. The first-order valence-corrected chi connectivity index (χ1v) is 15.0. The molecule has 0 unspecified atom stereocenters. The number of rotatable bonds is 14. The second kappa shape index (κ2) is 14.5. The minimum atomic E-state index is -4.23. The maximum atomic E-state index is 14.1. The molecule has 10 heteroatoms. The van der Waals surface area contributed by atoms with Crippen LogP contribution in [0.15, 0.2) is 77.7 Å². The second-order valence-corrected chi connectivity index (χ2v) is 11.4. The van der Waals surface area contributed by atoms with Crippen LogP contribution in [0.3, 0.4) is 0 Å². The number of nitrogens with zero attached hydrogens (tertiary/aromatic N) is 2. The van der Waals surface area contributed by atoms with Crippen LogP contribution in [0.4, 0.5) is 5.69 Å². The third-order valence-corrected chi connectivity index (χ3v) is 8.53. The summed E-state index contributed by atoms with van der Waals surface area (Å²) in [5.41, 5.74) is 2.27. The van der Waals surface area contributed by atoms with Gasteiger partial charge in [-0.25, -0.2) is 8.42 Å². The minimum Gasteiger partial charge on any atom is -0.493 e. The summed E-state index contributed by atoms with van der Waals surface area (Å²) in [5, 5.41) is 2.81. The molecule has 2 amide bonds. The number of carbonyl (C=O) groups is 2. The van der Waals surface area contributed by atoms with Gasteiger partial charge in [-0.2, -0.15) is 0 Å². The molecule has 3 aromatic carbocycles. The van der Waals surface area contributed by atoms with E-state index < -0.39 is 28.5 Å². The lowest BCUT2D eigenvalue weighted by Crippen LogP contribution is -2.53. The summed E-state index contributed by atoms with van der Waals surface area (Å²) in [5.74, 6) is -0.135. The first-order chi connectivity index (χ1) is 19.7. The molecule has 0 spiro atoms. The van der Waals surface area contributed by atoms with E-state index in [-0.39, 0.29) is 23.1 Å². The molecule has 0 saturated heterocycles. The highest BCUT2D eigenvalue weighted by Gasteiger charge is 2.33. The number of hydrogen-bond acceptors (Lipinski definition) is 6. The quantitative estimate of drug-likeness (QED) is 0.306. The van der Waals surface area contributed by atoms with Gasteiger partial charge in [-0.15, -0.1) is 0 Å². The summed E-state index contributed by atoms with van der Waals surface area (Å²) >= 11 is 0. The Hall–Kier alpha value is -4.05. The van der Waals surface area contributed by atoms with Gasteiger partial charge >= 0.3 is 0 Å². The Morgan fingerprint density at radius 1 is 0.902 bits per heavy atom. The van der Waals surface area contributed by atoms with E-state index in [9.17, 15) is 18.0 Å². The molecule has 1 N–H and O–H groups in total. The van der Waals surface area contributed by atoms with E-state index in [1.54, 1.807) is 24.3 Å². The molecule has 41 heavy (non-hydrogen) atoms. The SMILES string of the molecule is CCNC(=O)[C@H](CC)N(CCc1ccccc1)C(=O)CN(c1ccc(C)cc1)S(=O)(=O)c1ccc(OC)c(OC)c1. The van der Waals surface area contributed by atoms with Crippen molar-refractivity contribution in [3.05, 3.63) is 83.9 Å². The van der Waals surface area contributed by atoms with Crippen molar-refractivity contribution in [1.82, 2.24) is 10.2 Å². The second-order valence-electron chi connectivity index (χ2n) is 9.51. The number of amides is 2. The van der Waals surface area contributed by atoms with Crippen molar-refractivity contribution in [2.45, 2.75) is 44.6 Å². The van der Waals surface area contributed by atoms with Crippen molar-refractivity contribution in [1.29, 1.82) is 0 Å². The summed E-state index contributed by atoms with van der Waals surface area (Å²) < 4.78 is 39.8. The highest BCUT2D eigenvalue weighted by atomic mass is 32.2. The first kappa shape index (κ1) is 31.5. The molecule has 0 aliphatic rings. The van der Waals surface area contributed by atoms with Crippen molar-refractivity contribution in [2.24, 2.45) is 0 Å². The van der Waals surface area contributed by atoms with E-state index in [2.05, 4.69) is 5.32 Å². The summed E-state index contributed by atoms with van der Waals surface area (Å²) in [7, 11) is -1.35. The number of benzene rings is 3. The molecule has 0 aliphatic heterocycles. The fraction of sp³-hybridized carbons (Fsp3) is 0.355. The number of anilines is 1. The number of carbonyl (C=O) groups excluding carboxylic acids is 2. The molecule has 0 aliphatic carbocycles. The number of sulfonamides is 1. The smallest absolute Gasteiger partial charge is 0.264 e. The van der Waals surface area contributed by atoms with Crippen LogP contribution in [0.5, 0.6) is 11.5 Å².